The number of alkyl halides is 3. The van der Waals surface area contributed by atoms with Gasteiger partial charge in [-0.25, -0.2) is 0 Å². The number of benzene rings is 1. The first-order valence-electron chi connectivity index (χ1n) is 6.39. The van der Waals surface area contributed by atoms with Gasteiger partial charge in [-0.3, -0.25) is 4.68 Å². The summed E-state index contributed by atoms with van der Waals surface area (Å²) in [4.78, 5) is 0. The zero-order valence-corrected chi connectivity index (χ0v) is 11.7. The molecule has 1 N–H and O–H groups in total. The summed E-state index contributed by atoms with van der Waals surface area (Å²) in [5, 5.41) is 7.29. The molecule has 1 unspecified atom stereocenters. The number of halogens is 3. The number of rotatable bonds is 5. The lowest BCUT2D eigenvalue weighted by Crippen LogP contribution is -2.21. The average molecular weight is 299 g/mol. The van der Waals surface area contributed by atoms with E-state index in [1.165, 1.54) is 12.1 Å². The summed E-state index contributed by atoms with van der Waals surface area (Å²) in [5.74, 6) is -0.215. The quantitative estimate of drug-likeness (QED) is 0.922. The fourth-order valence-corrected chi connectivity index (χ4v) is 2.14. The summed E-state index contributed by atoms with van der Waals surface area (Å²) < 4.78 is 41.9. The molecule has 114 valence electrons. The molecule has 0 aliphatic carbocycles. The monoisotopic (exact) mass is 299 g/mol. The molecule has 0 aliphatic rings. The Morgan fingerprint density at radius 3 is 2.38 bits per heavy atom. The van der Waals surface area contributed by atoms with E-state index in [0.717, 1.165) is 11.3 Å². The molecule has 1 heterocycles. The van der Waals surface area contributed by atoms with E-state index < -0.39 is 6.36 Å². The number of likely N-dealkylation sites (N-methyl/N-ethyl adjacent to an activating group) is 1. The molecule has 0 saturated carbocycles. The summed E-state index contributed by atoms with van der Waals surface area (Å²) in [5.41, 5.74) is 1.91. The maximum atomic E-state index is 12.1. The topological polar surface area (TPSA) is 39.1 Å². The van der Waals surface area contributed by atoms with Crippen molar-refractivity contribution < 1.29 is 17.9 Å². The van der Waals surface area contributed by atoms with Gasteiger partial charge in [-0.2, -0.15) is 5.10 Å². The standard InChI is InChI=1S/C14H16F3N3O/c1-18-12(13-7-8-19-20(13)2)9-10-3-5-11(6-4-10)21-14(15,16)17/h3-8,12,18H,9H2,1-2H3. The van der Waals surface area contributed by atoms with E-state index in [-0.39, 0.29) is 11.8 Å². The maximum absolute atomic E-state index is 12.1. The van der Waals surface area contributed by atoms with Crippen molar-refractivity contribution in [2.45, 2.75) is 18.8 Å². The highest BCUT2D eigenvalue weighted by Crippen LogP contribution is 2.24. The molecule has 0 spiro atoms. The minimum absolute atomic E-state index is 0.0342. The molecule has 7 heteroatoms. The lowest BCUT2D eigenvalue weighted by molar-refractivity contribution is -0.274. The molecule has 0 radical (unpaired) electrons. The van der Waals surface area contributed by atoms with Crippen molar-refractivity contribution in [2.24, 2.45) is 7.05 Å². The van der Waals surface area contributed by atoms with Gasteiger partial charge in [0.2, 0.25) is 0 Å². The molecule has 1 atom stereocenters. The highest BCUT2D eigenvalue weighted by molar-refractivity contribution is 5.28. The largest absolute Gasteiger partial charge is 0.573 e. The molecule has 0 amide bonds. The minimum atomic E-state index is -4.66. The molecule has 4 nitrogen and oxygen atoms in total. The maximum Gasteiger partial charge on any atom is 0.573 e. The van der Waals surface area contributed by atoms with Gasteiger partial charge in [0.15, 0.2) is 0 Å². The van der Waals surface area contributed by atoms with Crippen LogP contribution in [0, 0.1) is 0 Å². The van der Waals surface area contributed by atoms with Crippen LogP contribution in [-0.4, -0.2) is 23.2 Å². The lowest BCUT2D eigenvalue weighted by Gasteiger charge is -2.17. The molecular weight excluding hydrogens is 283 g/mol. The molecule has 1 aromatic heterocycles. The van der Waals surface area contributed by atoms with Gasteiger partial charge in [0.05, 0.1) is 11.7 Å². The van der Waals surface area contributed by atoms with Crippen molar-refractivity contribution in [2.75, 3.05) is 7.05 Å². The Kier molecular flexibility index (Phi) is 4.52. The van der Waals surface area contributed by atoms with Crippen LogP contribution in [0.3, 0.4) is 0 Å². The van der Waals surface area contributed by atoms with Gasteiger partial charge < -0.3 is 10.1 Å². The molecule has 1 aromatic carbocycles. The number of nitrogens with one attached hydrogen (secondary N) is 1. The third kappa shape index (κ3) is 4.22. The Hall–Kier alpha value is -2.02. The highest BCUT2D eigenvalue weighted by Gasteiger charge is 2.30. The van der Waals surface area contributed by atoms with Crippen LogP contribution in [-0.2, 0) is 13.5 Å². The van der Waals surface area contributed by atoms with E-state index >= 15 is 0 Å². The second-order valence-electron chi connectivity index (χ2n) is 4.62. The molecule has 0 aliphatic heterocycles. The van der Waals surface area contributed by atoms with Crippen LogP contribution in [0.25, 0.3) is 0 Å². The molecule has 0 saturated heterocycles. The van der Waals surface area contributed by atoms with Crippen molar-refractivity contribution in [3.05, 3.63) is 47.8 Å². The van der Waals surface area contributed by atoms with Crippen molar-refractivity contribution in [1.29, 1.82) is 0 Å². The molecule has 21 heavy (non-hydrogen) atoms. The average Bonchev–Trinajstić information content (AvgIpc) is 2.82. The Bertz CT molecular complexity index is 578. The van der Waals surface area contributed by atoms with Gasteiger partial charge in [-0.15, -0.1) is 13.2 Å². The fourth-order valence-electron chi connectivity index (χ4n) is 2.14. The number of hydrogen-bond acceptors (Lipinski definition) is 3. The van der Waals surface area contributed by atoms with Crippen LogP contribution < -0.4 is 10.1 Å². The number of nitrogens with zero attached hydrogens (tertiary/aromatic N) is 2. The first-order valence-corrected chi connectivity index (χ1v) is 6.39. The Morgan fingerprint density at radius 1 is 1.24 bits per heavy atom. The van der Waals surface area contributed by atoms with Gasteiger partial charge >= 0.3 is 6.36 Å². The van der Waals surface area contributed by atoms with Gasteiger partial charge in [0.25, 0.3) is 0 Å². The summed E-state index contributed by atoms with van der Waals surface area (Å²) >= 11 is 0. The van der Waals surface area contributed by atoms with Crippen LogP contribution in [0.1, 0.15) is 17.3 Å². The molecule has 2 aromatic rings. The second-order valence-corrected chi connectivity index (χ2v) is 4.62. The van der Waals surface area contributed by atoms with E-state index in [1.54, 1.807) is 23.0 Å². The van der Waals surface area contributed by atoms with Crippen molar-refractivity contribution >= 4 is 0 Å². The smallest absolute Gasteiger partial charge is 0.406 e. The van der Waals surface area contributed by atoms with Crippen LogP contribution in [0.15, 0.2) is 36.5 Å². The minimum Gasteiger partial charge on any atom is -0.406 e. The van der Waals surface area contributed by atoms with E-state index in [0.29, 0.717) is 6.42 Å². The first kappa shape index (κ1) is 15.4. The fraction of sp³-hybridized carbons (Fsp3) is 0.357. The number of aryl methyl sites for hydroxylation is 1. The summed E-state index contributed by atoms with van der Waals surface area (Å²) in [7, 11) is 3.68. The van der Waals surface area contributed by atoms with Crippen molar-refractivity contribution in [3.8, 4) is 5.75 Å². The SMILES string of the molecule is CNC(Cc1ccc(OC(F)(F)F)cc1)c1ccnn1C. The van der Waals surface area contributed by atoms with E-state index in [2.05, 4.69) is 15.2 Å². The summed E-state index contributed by atoms with van der Waals surface area (Å²) in [6.07, 6.45) is -2.31. The van der Waals surface area contributed by atoms with Gasteiger partial charge in [-0.05, 0) is 37.2 Å². The second kappa shape index (κ2) is 6.17. The van der Waals surface area contributed by atoms with E-state index in [9.17, 15) is 13.2 Å². The van der Waals surface area contributed by atoms with Gasteiger partial charge in [0, 0.05) is 13.2 Å². The third-order valence-electron chi connectivity index (χ3n) is 3.16. The Balaban J connectivity index is 2.07. The molecular formula is C14H16F3N3O. The molecule has 0 bridgehead atoms. The number of hydrogen-bond donors (Lipinski definition) is 1. The number of ether oxygens (including phenoxy) is 1. The number of aromatic nitrogens is 2. The summed E-state index contributed by atoms with van der Waals surface area (Å²) in [6, 6.07) is 7.83. The van der Waals surface area contributed by atoms with Crippen LogP contribution in [0.4, 0.5) is 13.2 Å². The van der Waals surface area contributed by atoms with Crippen LogP contribution in [0.5, 0.6) is 5.75 Å². The van der Waals surface area contributed by atoms with Crippen LogP contribution in [0.2, 0.25) is 0 Å². The summed E-state index contributed by atoms with van der Waals surface area (Å²) in [6.45, 7) is 0. The molecule has 0 fully saturated rings. The Morgan fingerprint density at radius 2 is 1.90 bits per heavy atom. The van der Waals surface area contributed by atoms with Gasteiger partial charge in [0.1, 0.15) is 5.75 Å². The highest BCUT2D eigenvalue weighted by atomic mass is 19.4. The van der Waals surface area contributed by atoms with Gasteiger partial charge in [-0.1, -0.05) is 12.1 Å². The van der Waals surface area contributed by atoms with Crippen molar-refractivity contribution in [3.63, 3.8) is 0 Å². The normalized spacial score (nSPS) is 13.2. The molecule has 2 rings (SSSR count). The first-order chi connectivity index (χ1) is 9.89. The zero-order valence-electron chi connectivity index (χ0n) is 11.7. The zero-order chi connectivity index (χ0) is 15.5. The van der Waals surface area contributed by atoms with Crippen molar-refractivity contribution in [1.82, 2.24) is 15.1 Å². The van der Waals surface area contributed by atoms with E-state index in [1.807, 2.05) is 20.2 Å². The lowest BCUT2D eigenvalue weighted by atomic mass is 10.0. The van der Waals surface area contributed by atoms with E-state index in [4.69, 9.17) is 0 Å². The predicted octanol–water partition coefficient (Wildman–Crippen LogP) is 2.82. The van der Waals surface area contributed by atoms with Crippen LogP contribution >= 0.6 is 0 Å². The third-order valence-corrected chi connectivity index (χ3v) is 3.16. The predicted molar refractivity (Wildman–Crippen MR) is 71.8 cm³/mol. The Labute approximate surface area is 120 Å².